The number of fused-ring (bicyclic) bond motifs is 1. The first-order valence-corrected chi connectivity index (χ1v) is 10.1. The van der Waals surface area contributed by atoms with Gasteiger partial charge in [0.25, 0.3) is 0 Å². The molecule has 0 fully saturated rings. The molecule has 0 aliphatic rings. The summed E-state index contributed by atoms with van der Waals surface area (Å²) in [6.07, 6.45) is -4.70. The Bertz CT molecular complexity index is 1400. The number of aliphatic hydroxyl groups is 1. The highest BCUT2D eigenvalue weighted by molar-refractivity contribution is 5.93. The van der Waals surface area contributed by atoms with Crippen LogP contribution in [0.25, 0.3) is 22.1 Å². The first kappa shape index (κ1) is 23.4. The van der Waals surface area contributed by atoms with Crippen molar-refractivity contribution in [3.05, 3.63) is 82.0 Å². The number of aromatic amines is 1. The summed E-state index contributed by atoms with van der Waals surface area (Å²) >= 11 is 0. The number of anilines is 1. The smallest absolute Gasteiger partial charge is 0.422 e. The van der Waals surface area contributed by atoms with E-state index < -0.39 is 41.2 Å². The fourth-order valence-corrected chi connectivity index (χ4v) is 3.57. The second kappa shape index (κ2) is 8.56. The lowest BCUT2D eigenvalue weighted by Gasteiger charge is -2.27. The summed E-state index contributed by atoms with van der Waals surface area (Å²) in [7, 11) is 0. The van der Waals surface area contributed by atoms with Gasteiger partial charge in [-0.15, -0.1) is 0 Å². The zero-order valence-electron chi connectivity index (χ0n) is 17.6. The molecule has 0 radical (unpaired) electrons. The van der Waals surface area contributed by atoms with E-state index in [-0.39, 0.29) is 29.0 Å². The average molecular weight is 479 g/mol. The molecule has 2 aromatic heterocycles. The second-order valence-corrected chi connectivity index (χ2v) is 7.64. The quantitative estimate of drug-likeness (QED) is 0.260. The molecule has 0 bridgehead atoms. The van der Waals surface area contributed by atoms with Crippen LogP contribution in [0.1, 0.15) is 24.6 Å². The van der Waals surface area contributed by atoms with Crippen molar-refractivity contribution in [2.75, 3.05) is 5.32 Å². The summed E-state index contributed by atoms with van der Waals surface area (Å²) in [5.41, 5.74) is -3.40. The number of aromatic nitrogens is 2. The number of alkyl halides is 3. The zero-order valence-corrected chi connectivity index (χ0v) is 17.6. The number of imidazole rings is 1. The number of nitrogens with zero attached hydrogens (tertiary/aromatic N) is 1. The Hall–Kier alpha value is -3.73. The van der Waals surface area contributed by atoms with Crippen molar-refractivity contribution >= 4 is 16.9 Å². The van der Waals surface area contributed by atoms with Crippen molar-refractivity contribution in [1.29, 1.82) is 0 Å². The molecule has 0 saturated carbocycles. The molecular formula is C23H18F5N3O3. The van der Waals surface area contributed by atoms with E-state index in [1.54, 1.807) is 0 Å². The van der Waals surface area contributed by atoms with Crippen LogP contribution in [0, 0.1) is 11.6 Å². The van der Waals surface area contributed by atoms with Crippen LogP contribution in [-0.4, -0.2) is 21.3 Å². The summed E-state index contributed by atoms with van der Waals surface area (Å²) in [6.45, 7) is 0.968. The molecule has 34 heavy (non-hydrogen) atoms. The molecule has 0 unspecified atom stereocenters. The molecule has 0 aliphatic carbocycles. The third-order valence-corrected chi connectivity index (χ3v) is 5.52. The highest BCUT2D eigenvalue weighted by Crippen LogP contribution is 2.41. The SMILES string of the molecule is CC[C@](O)(c1cnc(NCc2cc3oc(=O)cc(-c4ccc(F)cc4)c3cc2F)[nH]1)C(F)(F)F. The summed E-state index contributed by atoms with van der Waals surface area (Å²) < 4.78 is 73.0. The fraction of sp³-hybridized carbons (Fsp3) is 0.217. The molecule has 0 saturated heterocycles. The summed E-state index contributed by atoms with van der Waals surface area (Å²) in [4.78, 5) is 18.2. The summed E-state index contributed by atoms with van der Waals surface area (Å²) in [5, 5.41) is 12.9. The van der Waals surface area contributed by atoms with E-state index in [2.05, 4.69) is 15.3 Å². The standard InChI is InChI=1S/C23H18F5N3O3/c1-2-22(33,23(26,27)28)19-11-30-21(31-19)29-10-13-7-18-16(8-17(13)25)15(9-20(32)34-18)12-3-5-14(24)6-4-12/h3-9,11,33H,2,10H2,1H3,(H2,29,30,31)/t22-/m0/s1. The van der Waals surface area contributed by atoms with E-state index in [4.69, 9.17) is 4.42 Å². The third-order valence-electron chi connectivity index (χ3n) is 5.52. The molecule has 0 aliphatic heterocycles. The van der Waals surface area contributed by atoms with Gasteiger partial charge in [0.15, 0.2) is 0 Å². The monoisotopic (exact) mass is 479 g/mol. The molecule has 2 aromatic carbocycles. The lowest BCUT2D eigenvalue weighted by Crippen LogP contribution is -2.42. The highest BCUT2D eigenvalue weighted by atomic mass is 19.4. The van der Waals surface area contributed by atoms with Crippen LogP contribution in [0.4, 0.5) is 27.9 Å². The topological polar surface area (TPSA) is 91.2 Å². The Labute approximate surface area is 189 Å². The average Bonchev–Trinajstić information content (AvgIpc) is 3.26. The van der Waals surface area contributed by atoms with E-state index in [1.807, 2.05) is 0 Å². The number of H-pyrrole nitrogens is 1. The van der Waals surface area contributed by atoms with Crippen LogP contribution in [0.3, 0.4) is 0 Å². The van der Waals surface area contributed by atoms with Crippen LogP contribution in [-0.2, 0) is 12.1 Å². The Kier molecular flexibility index (Phi) is 5.90. The van der Waals surface area contributed by atoms with Gasteiger partial charge >= 0.3 is 11.8 Å². The molecule has 0 amide bonds. The van der Waals surface area contributed by atoms with Crippen molar-refractivity contribution in [3.8, 4) is 11.1 Å². The number of benzene rings is 2. The van der Waals surface area contributed by atoms with Crippen LogP contribution in [0.5, 0.6) is 0 Å². The van der Waals surface area contributed by atoms with Crippen molar-refractivity contribution in [2.24, 2.45) is 0 Å². The zero-order chi connectivity index (χ0) is 24.7. The van der Waals surface area contributed by atoms with Crippen LogP contribution < -0.4 is 10.9 Å². The van der Waals surface area contributed by atoms with Gasteiger partial charge in [-0.1, -0.05) is 19.1 Å². The summed E-state index contributed by atoms with van der Waals surface area (Å²) in [6, 6.07) is 8.93. The van der Waals surface area contributed by atoms with Gasteiger partial charge in [0.2, 0.25) is 11.5 Å². The molecule has 2 heterocycles. The van der Waals surface area contributed by atoms with Gasteiger partial charge in [0, 0.05) is 23.6 Å². The predicted molar refractivity (Wildman–Crippen MR) is 114 cm³/mol. The normalized spacial score (nSPS) is 13.7. The molecule has 11 heteroatoms. The van der Waals surface area contributed by atoms with Gasteiger partial charge < -0.3 is 19.8 Å². The first-order chi connectivity index (χ1) is 16.0. The summed E-state index contributed by atoms with van der Waals surface area (Å²) in [5.74, 6) is -1.26. The van der Waals surface area contributed by atoms with Crippen molar-refractivity contribution in [1.82, 2.24) is 9.97 Å². The van der Waals surface area contributed by atoms with E-state index in [0.29, 0.717) is 11.1 Å². The van der Waals surface area contributed by atoms with Crippen LogP contribution in [0.15, 0.2) is 57.9 Å². The number of halogens is 5. The minimum atomic E-state index is -4.92. The van der Waals surface area contributed by atoms with E-state index in [0.717, 1.165) is 12.3 Å². The van der Waals surface area contributed by atoms with Crippen molar-refractivity contribution in [3.63, 3.8) is 0 Å². The molecule has 4 rings (SSSR count). The molecule has 6 nitrogen and oxygen atoms in total. The number of rotatable bonds is 6. The molecule has 4 aromatic rings. The van der Waals surface area contributed by atoms with Crippen LogP contribution >= 0.6 is 0 Å². The number of hydrogen-bond donors (Lipinski definition) is 3. The molecule has 3 N–H and O–H groups in total. The van der Waals surface area contributed by atoms with Gasteiger partial charge in [-0.2, -0.15) is 13.2 Å². The van der Waals surface area contributed by atoms with Crippen molar-refractivity contribution < 1.29 is 31.5 Å². The minimum Gasteiger partial charge on any atom is -0.423 e. The minimum absolute atomic E-state index is 0.0476. The van der Waals surface area contributed by atoms with Gasteiger partial charge in [0.1, 0.15) is 17.2 Å². The maximum atomic E-state index is 14.8. The van der Waals surface area contributed by atoms with E-state index in [9.17, 15) is 31.9 Å². The number of hydrogen-bond acceptors (Lipinski definition) is 5. The highest BCUT2D eigenvalue weighted by Gasteiger charge is 2.54. The maximum absolute atomic E-state index is 14.8. The third kappa shape index (κ3) is 4.26. The Balaban J connectivity index is 1.63. The molecule has 178 valence electrons. The second-order valence-electron chi connectivity index (χ2n) is 7.64. The van der Waals surface area contributed by atoms with Gasteiger partial charge in [-0.25, -0.2) is 18.6 Å². The van der Waals surface area contributed by atoms with E-state index in [1.165, 1.54) is 43.3 Å². The van der Waals surface area contributed by atoms with Gasteiger partial charge in [-0.05, 0) is 41.8 Å². The lowest BCUT2D eigenvalue weighted by atomic mass is 9.96. The van der Waals surface area contributed by atoms with Gasteiger partial charge in [0.05, 0.1) is 11.9 Å². The largest absolute Gasteiger partial charge is 0.423 e. The first-order valence-electron chi connectivity index (χ1n) is 10.1. The lowest BCUT2D eigenvalue weighted by molar-refractivity contribution is -0.269. The van der Waals surface area contributed by atoms with E-state index >= 15 is 0 Å². The fourth-order valence-electron chi connectivity index (χ4n) is 3.57. The Morgan fingerprint density at radius 1 is 1.12 bits per heavy atom. The maximum Gasteiger partial charge on any atom is 0.422 e. The van der Waals surface area contributed by atoms with Gasteiger partial charge in [-0.3, -0.25) is 0 Å². The predicted octanol–water partition coefficient (Wildman–Crippen LogP) is 5.23. The number of nitrogens with one attached hydrogen (secondary N) is 2. The molecular weight excluding hydrogens is 461 g/mol. The Morgan fingerprint density at radius 3 is 2.47 bits per heavy atom. The van der Waals surface area contributed by atoms with Crippen LogP contribution in [0.2, 0.25) is 0 Å². The Morgan fingerprint density at radius 2 is 1.82 bits per heavy atom. The molecule has 1 atom stereocenters. The molecule has 0 spiro atoms. The van der Waals surface area contributed by atoms with Crippen molar-refractivity contribution in [2.45, 2.75) is 31.7 Å².